The van der Waals surface area contributed by atoms with Gasteiger partial charge in [0, 0.05) is 23.2 Å². The Morgan fingerprint density at radius 2 is 1.64 bits per heavy atom. The molecule has 0 fully saturated rings. The molecule has 3 rings (SSSR count). The van der Waals surface area contributed by atoms with E-state index in [4.69, 9.17) is 25.8 Å². The molecule has 1 heterocycles. The molecule has 0 saturated carbocycles. The van der Waals surface area contributed by atoms with Crippen molar-refractivity contribution in [3.63, 3.8) is 0 Å². The number of carbonyl (C=O) groups excluding carboxylic acids is 1. The van der Waals surface area contributed by atoms with E-state index in [1.54, 1.807) is 63.6 Å². The van der Waals surface area contributed by atoms with Gasteiger partial charge in [-0.1, -0.05) is 11.6 Å². The molecule has 0 unspecified atom stereocenters. The first-order chi connectivity index (χ1) is 12.0. The number of rotatable bonds is 4. The molecular formula is C19H18ClNO4. The van der Waals surface area contributed by atoms with Gasteiger partial charge in [-0.05, 0) is 42.0 Å². The molecule has 6 heteroatoms. The van der Waals surface area contributed by atoms with Crippen molar-refractivity contribution >= 4 is 34.8 Å². The summed E-state index contributed by atoms with van der Waals surface area (Å²) in [7, 11) is 6.40. The third-order valence-electron chi connectivity index (χ3n) is 4.14. The zero-order valence-corrected chi connectivity index (χ0v) is 15.2. The van der Waals surface area contributed by atoms with E-state index >= 15 is 0 Å². The minimum absolute atomic E-state index is 0.0916. The number of hydrogen-bond acceptors (Lipinski definition) is 4. The van der Waals surface area contributed by atoms with Crippen LogP contribution in [0, 0.1) is 0 Å². The van der Waals surface area contributed by atoms with Gasteiger partial charge >= 0.3 is 0 Å². The molecule has 2 aromatic carbocycles. The van der Waals surface area contributed by atoms with Gasteiger partial charge in [0.2, 0.25) is 5.75 Å². The Balaban J connectivity index is 2.16. The van der Waals surface area contributed by atoms with Gasteiger partial charge in [0.25, 0.3) is 5.91 Å². The first kappa shape index (κ1) is 17.2. The number of anilines is 1. The fraction of sp³-hybridized carbons (Fsp3) is 0.211. The third kappa shape index (κ3) is 2.91. The molecule has 5 nitrogen and oxygen atoms in total. The van der Waals surface area contributed by atoms with E-state index in [-0.39, 0.29) is 5.91 Å². The first-order valence-corrected chi connectivity index (χ1v) is 7.97. The highest BCUT2D eigenvalue weighted by atomic mass is 35.5. The number of amides is 1. The second-order valence-corrected chi connectivity index (χ2v) is 5.98. The van der Waals surface area contributed by atoms with Crippen LogP contribution < -0.4 is 19.1 Å². The van der Waals surface area contributed by atoms with Crippen LogP contribution in [0.1, 0.15) is 11.1 Å². The van der Waals surface area contributed by atoms with Gasteiger partial charge in [-0.15, -0.1) is 0 Å². The maximum absolute atomic E-state index is 12.6. The summed E-state index contributed by atoms with van der Waals surface area (Å²) in [6.07, 6.45) is 1.80. The van der Waals surface area contributed by atoms with E-state index in [1.165, 1.54) is 0 Å². The molecule has 25 heavy (non-hydrogen) atoms. The average Bonchev–Trinajstić information content (AvgIpc) is 2.85. The lowest BCUT2D eigenvalue weighted by Crippen LogP contribution is -2.20. The van der Waals surface area contributed by atoms with Gasteiger partial charge in [-0.25, -0.2) is 0 Å². The third-order valence-corrected chi connectivity index (χ3v) is 4.38. The van der Waals surface area contributed by atoms with Crippen LogP contribution in [0.5, 0.6) is 17.2 Å². The van der Waals surface area contributed by atoms with Gasteiger partial charge < -0.3 is 19.1 Å². The predicted octanol–water partition coefficient (Wildman–Crippen LogP) is 3.88. The molecule has 0 aliphatic carbocycles. The fourth-order valence-corrected chi connectivity index (χ4v) is 3.08. The first-order valence-electron chi connectivity index (χ1n) is 7.59. The van der Waals surface area contributed by atoms with E-state index < -0.39 is 0 Å². The van der Waals surface area contributed by atoms with Gasteiger partial charge in [0.05, 0.1) is 27.0 Å². The Bertz CT molecular complexity index is 851. The lowest BCUT2D eigenvalue weighted by molar-refractivity contribution is -0.112. The number of fused-ring (bicyclic) bond motifs is 1. The monoisotopic (exact) mass is 359 g/mol. The second kappa shape index (κ2) is 6.69. The number of halogens is 1. The number of nitrogens with zero attached hydrogens (tertiary/aromatic N) is 1. The zero-order valence-electron chi connectivity index (χ0n) is 14.4. The minimum atomic E-state index is -0.0916. The molecule has 130 valence electrons. The summed E-state index contributed by atoms with van der Waals surface area (Å²) in [4.78, 5) is 14.2. The lowest BCUT2D eigenvalue weighted by atomic mass is 10.0. The normalized spacial score (nSPS) is 14.7. The van der Waals surface area contributed by atoms with Crippen LogP contribution in [0.2, 0.25) is 5.02 Å². The van der Waals surface area contributed by atoms with E-state index in [0.29, 0.717) is 27.8 Å². The highest BCUT2D eigenvalue weighted by Gasteiger charge is 2.30. The average molecular weight is 360 g/mol. The molecule has 1 amide bonds. The summed E-state index contributed by atoms with van der Waals surface area (Å²) >= 11 is 6.11. The van der Waals surface area contributed by atoms with E-state index in [1.807, 2.05) is 6.07 Å². The Morgan fingerprint density at radius 1 is 1.00 bits per heavy atom. The van der Waals surface area contributed by atoms with Crippen LogP contribution in [0.4, 0.5) is 5.69 Å². The van der Waals surface area contributed by atoms with E-state index in [9.17, 15) is 4.79 Å². The molecule has 0 spiro atoms. The van der Waals surface area contributed by atoms with Crippen molar-refractivity contribution in [2.75, 3.05) is 33.3 Å². The fourth-order valence-electron chi connectivity index (χ4n) is 2.91. The minimum Gasteiger partial charge on any atom is -0.493 e. The summed E-state index contributed by atoms with van der Waals surface area (Å²) in [6.45, 7) is 0. The smallest absolute Gasteiger partial charge is 0.258 e. The molecule has 0 bridgehead atoms. The predicted molar refractivity (Wildman–Crippen MR) is 98.8 cm³/mol. The Hall–Kier alpha value is -2.66. The van der Waals surface area contributed by atoms with Crippen LogP contribution in [-0.2, 0) is 4.79 Å². The number of benzene rings is 2. The van der Waals surface area contributed by atoms with Crippen molar-refractivity contribution in [3.8, 4) is 17.2 Å². The Labute approximate surface area is 151 Å². The largest absolute Gasteiger partial charge is 0.493 e. The summed E-state index contributed by atoms with van der Waals surface area (Å²) in [6, 6.07) is 8.99. The van der Waals surface area contributed by atoms with Crippen LogP contribution in [0.15, 0.2) is 30.3 Å². The number of carbonyl (C=O) groups is 1. The standard InChI is InChI=1S/C19H18ClNO4/c1-21-15-6-5-12(20)10-13(15)14(19(21)22)7-11-8-16(23-2)18(25-4)17(9-11)24-3/h5-10H,1-4H3/b14-7-. The van der Waals surface area contributed by atoms with Crippen molar-refractivity contribution < 1.29 is 19.0 Å². The van der Waals surface area contributed by atoms with Crippen LogP contribution in [-0.4, -0.2) is 34.3 Å². The quantitative estimate of drug-likeness (QED) is 0.777. The van der Waals surface area contributed by atoms with Crippen molar-refractivity contribution in [2.24, 2.45) is 0 Å². The number of likely N-dealkylation sites (N-methyl/N-ethyl adjacent to an activating group) is 1. The van der Waals surface area contributed by atoms with E-state index in [0.717, 1.165) is 16.8 Å². The van der Waals surface area contributed by atoms with Crippen LogP contribution in [0.3, 0.4) is 0 Å². The highest BCUT2D eigenvalue weighted by molar-refractivity contribution is 6.37. The zero-order chi connectivity index (χ0) is 18.1. The van der Waals surface area contributed by atoms with Crippen molar-refractivity contribution in [2.45, 2.75) is 0 Å². The van der Waals surface area contributed by atoms with Gasteiger partial charge in [-0.2, -0.15) is 0 Å². The molecule has 1 aliphatic rings. The highest BCUT2D eigenvalue weighted by Crippen LogP contribution is 2.41. The Morgan fingerprint density at radius 3 is 2.20 bits per heavy atom. The van der Waals surface area contributed by atoms with Crippen LogP contribution >= 0.6 is 11.6 Å². The SMILES string of the molecule is COc1cc(/C=C2\C(=O)N(C)c3ccc(Cl)cc32)cc(OC)c1OC. The van der Waals surface area contributed by atoms with Crippen molar-refractivity contribution in [1.29, 1.82) is 0 Å². The number of hydrogen-bond donors (Lipinski definition) is 0. The maximum atomic E-state index is 12.6. The molecule has 0 N–H and O–H groups in total. The summed E-state index contributed by atoms with van der Waals surface area (Å²) in [5.74, 6) is 1.47. The molecular weight excluding hydrogens is 342 g/mol. The van der Waals surface area contributed by atoms with Crippen molar-refractivity contribution in [3.05, 3.63) is 46.5 Å². The van der Waals surface area contributed by atoms with Crippen molar-refractivity contribution in [1.82, 2.24) is 0 Å². The maximum Gasteiger partial charge on any atom is 0.258 e. The summed E-state index contributed by atoms with van der Waals surface area (Å²) in [5.41, 5.74) is 2.95. The second-order valence-electron chi connectivity index (χ2n) is 5.54. The number of ether oxygens (including phenoxy) is 3. The Kier molecular flexibility index (Phi) is 4.59. The molecule has 0 atom stereocenters. The molecule has 0 aromatic heterocycles. The molecule has 2 aromatic rings. The molecule has 0 radical (unpaired) electrons. The summed E-state index contributed by atoms with van der Waals surface area (Å²) < 4.78 is 16.1. The van der Waals surface area contributed by atoms with Gasteiger partial charge in [-0.3, -0.25) is 4.79 Å². The van der Waals surface area contributed by atoms with Crippen LogP contribution in [0.25, 0.3) is 11.6 Å². The lowest BCUT2D eigenvalue weighted by Gasteiger charge is -2.13. The molecule has 0 saturated heterocycles. The molecule has 1 aliphatic heterocycles. The number of methoxy groups -OCH3 is 3. The van der Waals surface area contributed by atoms with Gasteiger partial charge in [0.15, 0.2) is 11.5 Å². The summed E-state index contributed by atoms with van der Waals surface area (Å²) in [5, 5.41) is 0.581. The topological polar surface area (TPSA) is 48.0 Å². The van der Waals surface area contributed by atoms with E-state index in [2.05, 4.69) is 0 Å². The van der Waals surface area contributed by atoms with Gasteiger partial charge in [0.1, 0.15) is 0 Å².